The molecule has 0 spiro atoms. The lowest BCUT2D eigenvalue weighted by Crippen LogP contribution is -2.46. The van der Waals surface area contributed by atoms with Crippen molar-refractivity contribution in [1.82, 2.24) is 20.9 Å². The largest absolute Gasteiger partial charge is 0.355 e. The van der Waals surface area contributed by atoms with Crippen LogP contribution in [0.4, 0.5) is 0 Å². The molecule has 7 heteroatoms. The number of nitrogens with one attached hydrogen (secondary N) is 3. The van der Waals surface area contributed by atoms with Gasteiger partial charge in [0.15, 0.2) is 5.96 Å². The summed E-state index contributed by atoms with van der Waals surface area (Å²) in [6.07, 6.45) is 3.19. The van der Waals surface area contributed by atoms with Gasteiger partial charge in [0.05, 0.1) is 5.56 Å². The molecule has 0 aliphatic carbocycles. The molecule has 6 nitrogen and oxygen atoms in total. The van der Waals surface area contributed by atoms with Gasteiger partial charge in [0.25, 0.3) is 5.91 Å². The van der Waals surface area contributed by atoms with Crippen molar-refractivity contribution in [2.75, 3.05) is 20.1 Å². The van der Waals surface area contributed by atoms with Crippen molar-refractivity contribution < 1.29 is 4.79 Å². The van der Waals surface area contributed by atoms with E-state index in [1.54, 1.807) is 31.6 Å². The Morgan fingerprint density at radius 1 is 1.27 bits per heavy atom. The van der Waals surface area contributed by atoms with Crippen molar-refractivity contribution in [3.05, 3.63) is 30.1 Å². The second kappa shape index (κ2) is 11.2. The lowest BCUT2D eigenvalue weighted by molar-refractivity contribution is 0.0954. The smallest absolute Gasteiger partial charge is 0.252 e. The van der Waals surface area contributed by atoms with Crippen LogP contribution in [0.5, 0.6) is 0 Å². The first-order valence-electron chi connectivity index (χ1n) is 7.20. The van der Waals surface area contributed by atoms with Gasteiger partial charge < -0.3 is 16.0 Å². The van der Waals surface area contributed by atoms with Crippen LogP contribution in [0.3, 0.4) is 0 Å². The molecular weight excluding hydrogens is 393 g/mol. The Labute approximate surface area is 149 Å². The fraction of sp³-hybridized carbons (Fsp3) is 0.533. The molecule has 1 unspecified atom stereocenters. The number of rotatable bonds is 6. The number of guanidine groups is 1. The Morgan fingerprint density at radius 3 is 2.50 bits per heavy atom. The van der Waals surface area contributed by atoms with Crippen LogP contribution in [0, 0.1) is 5.92 Å². The van der Waals surface area contributed by atoms with Crippen molar-refractivity contribution in [2.24, 2.45) is 10.9 Å². The van der Waals surface area contributed by atoms with E-state index >= 15 is 0 Å². The van der Waals surface area contributed by atoms with Gasteiger partial charge in [-0.25, -0.2) is 0 Å². The molecule has 0 bridgehead atoms. The topological polar surface area (TPSA) is 78.4 Å². The number of pyridine rings is 1. The molecule has 1 rings (SSSR count). The van der Waals surface area contributed by atoms with Crippen LogP contribution in [0.25, 0.3) is 0 Å². The normalized spacial score (nSPS) is 12.3. The first kappa shape index (κ1) is 20.6. The third kappa shape index (κ3) is 7.58. The van der Waals surface area contributed by atoms with E-state index in [0.717, 1.165) is 5.96 Å². The molecule has 1 heterocycles. The summed E-state index contributed by atoms with van der Waals surface area (Å²) in [5, 5.41) is 9.30. The summed E-state index contributed by atoms with van der Waals surface area (Å²) in [5.41, 5.74) is 0.563. The Hall–Kier alpha value is -1.38. The third-order valence-corrected chi connectivity index (χ3v) is 3.21. The molecule has 0 aromatic carbocycles. The molecule has 0 saturated carbocycles. The fourth-order valence-corrected chi connectivity index (χ4v) is 1.53. The predicted molar refractivity (Wildman–Crippen MR) is 101 cm³/mol. The lowest BCUT2D eigenvalue weighted by Gasteiger charge is -2.20. The van der Waals surface area contributed by atoms with Gasteiger partial charge in [-0.3, -0.25) is 14.8 Å². The van der Waals surface area contributed by atoms with E-state index in [-0.39, 0.29) is 29.9 Å². The third-order valence-electron chi connectivity index (χ3n) is 3.21. The molecule has 1 amide bonds. The van der Waals surface area contributed by atoms with E-state index in [1.165, 1.54) is 0 Å². The highest BCUT2D eigenvalue weighted by Gasteiger charge is 2.08. The van der Waals surface area contributed by atoms with Gasteiger partial charge in [0.2, 0.25) is 0 Å². The van der Waals surface area contributed by atoms with Crippen molar-refractivity contribution in [1.29, 1.82) is 0 Å². The number of aliphatic imine (C=N–C) groups is 1. The van der Waals surface area contributed by atoms with Crippen LogP contribution in [-0.2, 0) is 0 Å². The second-order valence-electron chi connectivity index (χ2n) is 5.17. The highest BCUT2D eigenvalue weighted by atomic mass is 127. The molecule has 3 N–H and O–H groups in total. The van der Waals surface area contributed by atoms with Crippen molar-refractivity contribution in [3.8, 4) is 0 Å². The monoisotopic (exact) mass is 419 g/mol. The van der Waals surface area contributed by atoms with Crippen molar-refractivity contribution >= 4 is 35.8 Å². The average Bonchev–Trinajstić information content (AvgIpc) is 2.50. The number of carbonyl (C=O) groups excluding carboxylic acids is 1. The maximum absolute atomic E-state index is 11.8. The van der Waals surface area contributed by atoms with Crippen LogP contribution < -0.4 is 16.0 Å². The van der Waals surface area contributed by atoms with E-state index in [9.17, 15) is 4.79 Å². The minimum Gasteiger partial charge on any atom is -0.355 e. The maximum Gasteiger partial charge on any atom is 0.252 e. The van der Waals surface area contributed by atoms with Gasteiger partial charge in [-0.1, -0.05) is 13.8 Å². The summed E-state index contributed by atoms with van der Waals surface area (Å²) in [4.78, 5) is 19.9. The van der Waals surface area contributed by atoms with Gasteiger partial charge in [-0.2, -0.15) is 0 Å². The maximum atomic E-state index is 11.8. The molecule has 0 aliphatic heterocycles. The quantitative estimate of drug-likeness (QED) is 0.284. The number of hydrogen-bond acceptors (Lipinski definition) is 3. The van der Waals surface area contributed by atoms with E-state index in [2.05, 4.69) is 46.7 Å². The SMILES string of the molecule is CN=C(NCCNC(=O)c1cccnc1)NC(C)C(C)C.I. The molecule has 0 aliphatic rings. The zero-order valence-electron chi connectivity index (χ0n) is 13.6. The molecule has 22 heavy (non-hydrogen) atoms. The first-order chi connectivity index (χ1) is 10.0. The lowest BCUT2D eigenvalue weighted by atomic mass is 10.1. The van der Waals surface area contributed by atoms with Gasteiger partial charge in [0.1, 0.15) is 0 Å². The van der Waals surface area contributed by atoms with Gasteiger partial charge in [-0.05, 0) is 25.0 Å². The first-order valence-corrected chi connectivity index (χ1v) is 7.20. The van der Waals surface area contributed by atoms with Gasteiger partial charge in [-0.15, -0.1) is 24.0 Å². The Bertz CT molecular complexity index is 464. The van der Waals surface area contributed by atoms with Crippen LogP contribution in [0.15, 0.2) is 29.5 Å². The number of hydrogen-bond donors (Lipinski definition) is 3. The molecule has 1 aromatic heterocycles. The van der Waals surface area contributed by atoms with E-state index in [4.69, 9.17) is 0 Å². The molecule has 0 fully saturated rings. The Balaban J connectivity index is 0.00000441. The number of nitrogens with zero attached hydrogens (tertiary/aromatic N) is 2. The summed E-state index contributed by atoms with van der Waals surface area (Å²) in [7, 11) is 1.73. The number of carbonyl (C=O) groups is 1. The highest BCUT2D eigenvalue weighted by molar-refractivity contribution is 14.0. The molecule has 1 atom stereocenters. The molecule has 124 valence electrons. The summed E-state index contributed by atoms with van der Waals surface area (Å²) in [6.45, 7) is 7.54. The summed E-state index contributed by atoms with van der Waals surface area (Å²) in [6, 6.07) is 3.81. The van der Waals surface area contributed by atoms with Crippen LogP contribution in [0.2, 0.25) is 0 Å². The van der Waals surface area contributed by atoms with Crippen molar-refractivity contribution in [2.45, 2.75) is 26.8 Å². The Kier molecular flexibility index (Phi) is 10.5. The summed E-state index contributed by atoms with van der Waals surface area (Å²) in [5.74, 6) is 1.14. The minimum absolute atomic E-state index is 0. The zero-order chi connectivity index (χ0) is 15.7. The van der Waals surface area contributed by atoms with Crippen molar-refractivity contribution in [3.63, 3.8) is 0 Å². The molecule has 1 aromatic rings. The zero-order valence-corrected chi connectivity index (χ0v) is 15.9. The number of aromatic nitrogens is 1. The minimum atomic E-state index is -0.122. The number of halogens is 1. The number of amides is 1. The fourth-order valence-electron chi connectivity index (χ4n) is 1.53. The summed E-state index contributed by atoms with van der Waals surface area (Å²) >= 11 is 0. The predicted octanol–water partition coefficient (Wildman–Crippen LogP) is 1.64. The van der Waals surface area contributed by atoms with E-state index < -0.39 is 0 Å². The standard InChI is InChI=1S/C15H25N5O.HI/c1-11(2)12(3)20-15(16-4)19-9-8-18-14(21)13-6-5-7-17-10-13;/h5-7,10-12H,8-9H2,1-4H3,(H,18,21)(H2,16,19,20);1H. The second-order valence-corrected chi connectivity index (χ2v) is 5.17. The van der Waals surface area contributed by atoms with Crippen LogP contribution >= 0.6 is 24.0 Å². The highest BCUT2D eigenvalue weighted by Crippen LogP contribution is 1.98. The Morgan fingerprint density at radius 2 is 1.95 bits per heavy atom. The van der Waals surface area contributed by atoms with Gasteiger partial charge >= 0.3 is 0 Å². The van der Waals surface area contributed by atoms with E-state index in [1.807, 2.05) is 0 Å². The molecule has 0 saturated heterocycles. The summed E-state index contributed by atoms with van der Waals surface area (Å²) < 4.78 is 0. The average molecular weight is 419 g/mol. The van der Waals surface area contributed by atoms with E-state index in [0.29, 0.717) is 30.6 Å². The van der Waals surface area contributed by atoms with Crippen LogP contribution in [0.1, 0.15) is 31.1 Å². The molecule has 0 radical (unpaired) electrons. The van der Waals surface area contributed by atoms with Crippen LogP contribution in [-0.4, -0.2) is 43.0 Å². The molecular formula is C15H26IN5O. The van der Waals surface area contributed by atoms with Gasteiger partial charge in [0, 0.05) is 38.6 Å².